The summed E-state index contributed by atoms with van der Waals surface area (Å²) < 4.78 is 5.78. The molecule has 0 bridgehead atoms. The second-order valence-corrected chi connectivity index (χ2v) is 5.76. The van der Waals surface area contributed by atoms with Crippen molar-refractivity contribution in [2.75, 3.05) is 10.6 Å². The Morgan fingerprint density at radius 1 is 0.889 bits per heavy atom. The summed E-state index contributed by atoms with van der Waals surface area (Å²) in [5, 5.41) is 5.53. The molecule has 136 valence electrons. The lowest BCUT2D eigenvalue weighted by molar-refractivity contribution is -0.112. The summed E-state index contributed by atoms with van der Waals surface area (Å²) in [5.74, 6) is 0.0870. The van der Waals surface area contributed by atoms with E-state index in [9.17, 15) is 9.59 Å². The molecule has 3 aromatic rings. The van der Waals surface area contributed by atoms with Crippen molar-refractivity contribution in [2.24, 2.45) is 0 Å². The molecule has 6 heteroatoms. The van der Waals surface area contributed by atoms with Gasteiger partial charge in [0.15, 0.2) is 5.58 Å². The Kier molecular flexibility index (Phi) is 5.47. The van der Waals surface area contributed by atoms with Crippen LogP contribution in [0.5, 0.6) is 0 Å². The van der Waals surface area contributed by atoms with Gasteiger partial charge in [0, 0.05) is 16.9 Å². The first-order valence-electron chi connectivity index (χ1n) is 8.47. The van der Waals surface area contributed by atoms with Crippen LogP contribution in [0.3, 0.4) is 0 Å². The number of anilines is 2. The van der Waals surface area contributed by atoms with Crippen molar-refractivity contribution < 1.29 is 14.0 Å². The first-order valence-corrected chi connectivity index (χ1v) is 8.47. The number of aromatic nitrogens is 1. The van der Waals surface area contributed by atoms with Crippen LogP contribution in [0.2, 0.25) is 0 Å². The van der Waals surface area contributed by atoms with E-state index in [0.717, 1.165) is 5.56 Å². The van der Waals surface area contributed by atoms with Crippen LogP contribution in [0.4, 0.5) is 11.4 Å². The SMILES string of the molecule is C/C=C/C(=O)Nc1ccc(-c2nc3cc(NC(=O)/C=C/C)ccc3o2)cc1. The lowest BCUT2D eigenvalue weighted by Crippen LogP contribution is -2.07. The largest absolute Gasteiger partial charge is 0.436 e. The van der Waals surface area contributed by atoms with Crippen LogP contribution in [-0.2, 0) is 9.59 Å². The molecule has 2 N–H and O–H groups in total. The molecule has 6 nitrogen and oxygen atoms in total. The van der Waals surface area contributed by atoms with E-state index in [4.69, 9.17) is 4.42 Å². The molecule has 0 saturated heterocycles. The van der Waals surface area contributed by atoms with Crippen molar-refractivity contribution in [3.05, 3.63) is 66.8 Å². The summed E-state index contributed by atoms with van der Waals surface area (Å²) in [6, 6.07) is 12.5. The first kappa shape index (κ1) is 18.1. The van der Waals surface area contributed by atoms with E-state index in [-0.39, 0.29) is 11.8 Å². The van der Waals surface area contributed by atoms with Crippen LogP contribution in [-0.4, -0.2) is 16.8 Å². The molecule has 0 spiro atoms. The van der Waals surface area contributed by atoms with Crippen molar-refractivity contribution in [3.63, 3.8) is 0 Å². The van der Waals surface area contributed by atoms with Crippen LogP contribution in [0, 0.1) is 0 Å². The van der Waals surface area contributed by atoms with E-state index in [2.05, 4.69) is 15.6 Å². The van der Waals surface area contributed by atoms with Gasteiger partial charge in [-0.15, -0.1) is 0 Å². The Balaban J connectivity index is 1.80. The van der Waals surface area contributed by atoms with Crippen LogP contribution >= 0.6 is 0 Å². The molecule has 1 heterocycles. The molecule has 0 aliphatic heterocycles. The number of carbonyl (C=O) groups excluding carboxylic acids is 2. The summed E-state index contributed by atoms with van der Waals surface area (Å²) in [4.78, 5) is 27.7. The van der Waals surface area contributed by atoms with Crippen LogP contribution in [0.1, 0.15) is 13.8 Å². The number of nitrogens with zero attached hydrogens (tertiary/aromatic N) is 1. The average Bonchev–Trinajstić information content (AvgIpc) is 3.06. The molecule has 0 aliphatic rings. The number of carbonyl (C=O) groups is 2. The number of hydrogen-bond donors (Lipinski definition) is 2. The second kappa shape index (κ2) is 8.14. The zero-order valence-corrected chi connectivity index (χ0v) is 15.0. The van der Waals surface area contributed by atoms with Gasteiger partial charge in [-0.25, -0.2) is 4.98 Å². The third-order valence-electron chi connectivity index (χ3n) is 3.69. The number of hydrogen-bond acceptors (Lipinski definition) is 4. The van der Waals surface area contributed by atoms with Crippen molar-refractivity contribution in [1.29, 1.82) is 0 Å². The highest BCUT2D eigenvalue weighted by Gasteiger charge is 2.10. The fraction of sp³-hybridized carbons (Fsp3) is 0.0952. The minimum absolute atomic E-state index is 0.181. The van der Waals surface area contributed by atoms with Gasteiger partial charge in [-0.3, -0.25) is 9.59 Å². The van der Waals surface area contributed by atoms with Crippen molar-refractivity contribution >= 4 is 34.3 Å². The summed E-state index contributed by atoms with van der Waals surface area (Å²) in [7, 11) is 0. The van der Waals surface area contributed by atoms with E-state index in [1.807, 2.05) is 12.1 Å². The zero-order chi connectivity index (χ0) is 19.2. The second-order valence-electron chi connectivity index (χ2n) is 5.76. The van der Waals surface area contributed by atoms with E-state index in [1.54, 1.807) is 56.3 Å². The third kappa shape index (κ3) is 4.49. The van der Waals surface area contributed by atoms with Gasteiger partial charge >= 0.3 is 0 Å². The van der Waals surface area contributed by atoms with Gasteiger partial charge in [0.1, 0.15) is 5.52 Å². The smallest absolute Gasteiger partial charge is 0.248 e. The average molecular weight is 361 g/mol. The van der Waals surface area contributed by atoms with Crippen LogP contribution < -0.4 is 10.6 Å². The Bertz CT molecular complexity index is 1030. The Morgan fingerprint density at radius 3 is 2.11 bits per heavy atom. The van der Waals surface area contributed by atoms with E-state index >= 15 is 0 Å². The maximum Gasteiger partial charge on any atom is 0.248 e. The van der Waals surface area contributed by atoms with Crippen molar-refractivity contribution in [3.8, 4) is 11.5 Å². The Morgan fingerprint density at radius 2 is 1.48 bits per heavy atom. The fourth-order valence-electron chi connectivity index (χ4n) is 2.50. The van der Waals surface area contributed by atoms with E-state index < -0.39 is 0 Å². The van der Waals surface area contributed by atoms with E-state index in [0.29, 0.717) is 28.4 Å². The van der Waals surface area contributed by atoms with Gasteiger partial charge < -0.3 is 15.1 Å². The Hall–Kier alpha value is -3.67. The van der Waals surface area contributed by atoms with Gasteiger partial charge in [0.25, 0.3) is 0 Å². The molecule has 0 unspecified atom stereocenters. The predicted octanol–water partition coefficient (Wildman–Crippen LogP) is 4.52. The topological polar surface area (TPSA) is 84.2 Å². The molecule has 0 aliphatic carbocycles. The molecule has 0 fully saturated rings. The summed E-state index contributed by atoms with van der Waals surface area (Å²) in [6.07, 6.45) is 6.26. The number of nitrogens with one attached hydrogen (secondary N) is 2. The highest BCUT2D eigenvalue weighted by molar-refractivity contribution is 6.00. The molecule has 2 aromatic carbocycles. The number of benzene rings is 2. The molecule has 3 rings (SSSR count). The number of allylic oxidation sites excluding steroid dienone is 2. The standard InChI is InChI=1S/C21H19N3O3/c1-3-5-19(25)22-15-9-7-14(8-10-15)21-24-17-13-16(11-12-18(17)27-21)23-20(26)6-4-2/h3-13H,1-2H3,(H,22,25)(H,23,26)/b5-3+,6-4+. The normalized spacial score (nSPS) is 11.3. The van der Waals surface area contributed by atoms with Gasteiger partial charge in [0.05, 0.1) is 0 Å². The van der Waals surface area contributed by atoms with Crippen molar-refractivity contribution in [1.82, 2.24) is 4.98 Å². The minimum Gasteiger partial charge on any atom is -0.436 e. The predicted molar refractivity (Wildman–Crippen MR) is 106 cm³/mol. The van der Waals surface area contributed by atoms with Gasteiger partial charge in [-0.05, 0) is 68.5 Å². The summed E-state index contributed by atoms with van der Waals surface area (Å²) >= 11 is 0. The third-order valence-corrected chi connectivity index (χ3v) is 3.69. The maximum absolute atomic E-state index is 11.6. The maximum atomic E-state index is 11.6. The number of rotatable bonds is 5. The first-order chi connectivity index (χ1) is 13.1. The minimum atomic E-state index is -0.198. The van der Waals surface area contributed by atoms with Crippen LogP contribution in [0.15, 0.2) is 71.2 Å². The van der Waals surface area contributed by atoms with Crippen molar-refractivity contribution in [2.45, 2.75) is 13.8 Å². The highest BCUT2D eigenvalue weighted by atomic mass is 16.3. The summed E-state index contributed by atoms with van der Waals surface area (Å²) in [5.41, 5.74) is 3.39. The lowest BCUT2D eigenvalue weighted by Gasteiger charge is -2.02. The number of oxazole rings is 1. The summed E-state index contributed by atoms with van der Waals surface area (Å²) in [6.45, 7) is 3.57. The monoisotopic (exact) mass is 361 g/mol. The molecule has 0 radical (unpaired) electrons. The molecule has 2 amide bonds. The molecule has 27 heavy (non-hydrogen) atoms. The molecular formula is C21H19N3O3. The van der Waals surface area contributed by atoms with Crippen LogP contribution in [0.25, 0.3) is 22.6 Å². The Labute approximate surface area is 156 Å². The zero-order valence-electron chi connectivity index (χ0n) is 15.0. The molecule has 0 atom stereocenters. The quantitative estimate of drug-likeness (QED) is 0.654. The lowest BCUT2D eigenvalue weighted by atomic mass is 10.2. The highest BCUT2D eigenvalue weighted by Crippen LogP contribution is 2.27. The van der Waals surface area contributed by atoms with Gasteiger partial charge in [0.2, 0.25) is 17.7 Å². The molecule has 0 saturated carbocycles. The fourth-order valence-corrected chi connectivity index (χ4v) is 2.50. The number of fused-ring (bicyclic) bond motifs is 1. The molecule has 1 aromatic heterocycles. The molecular weight excluding hydrogens is 342 g/mol. The van der Waals surface area contributed by atoms with E-state index in [1.165, 1.54) is 12.2 Å². The van der Waals surface area contributed by atoms with Gasteiger partial charge in [-0.2, -0.15) is 0 Å². The number of amides is 2. The van der Waals surface area contributed by atoms with Gasteiger partial charge in [-0.1, -0.05) is 12.2 Å².